The lowest BCUT2D eigenvalue weighted by atomic mass is 9.90. The summed E-state index contributed by atoms with van der Waals surface area (Å²) in [4.78, 5) is 10.9. The Morgan fingerprint density at radius 1 is 0.917 bits per heavy atom. The molecular weight excluding hydrogens is 152 g/mol. The van der Waals surface area contributed by atoms with Crippen LogP contribution in [0.5, 0.6) is 0 Å². The zero-order valence-electron chi connectivity index (χ0n) is 8.24. The van der Waals surface area contributed by atoms with Crippen LogP contribution in [0, 0.1) is 29.6 Å². The molecule has 0 aromatic carbocycles. The molecule has 0 heterocycles. The minimum absolute atomic E-state index is 0.130. The first-order valence-electron chi connectivity index (χ1n) is 4.69. The van der Waals surface area contributed by atoms with E-state index in [0.717, 1.165) is 0 Å². The maximum atomic E-state index is 10.9. The minimum Gasteiger partial charge on any atom is -0.481 e. The van der Waals surface area contributed by atoms with Crippen LogP contribution in [0.25, 0.3) is 0 Å². The molecule has 12 heavy (non-hydrogen) atoms. The van der Waals surface area contributed by atoms with Crippen LogP contribution in [0.15, 0.2) is 0 Å². The van der Waals surface area contributed by atoms with Gasteiger partial charge in [0.2, 0.25) is 0 Å². The second-order valence-corrected chi connectivity index (χ2v) is 4.30. The van der Waals surface area contributed by atoms with E-state index in [2.05, 4.69) is 27.7 Å². The number of rotatable bonds is 1. The van der Waals surface area contributed by atoms with Crippen molar-refractivity contribution in [2.75, 3.05) is 0 Å². The van der Waals surface area contributed by atoms with Gasteiger partial charge in [-0.2, -0.15) is 0 Å². The van der Waals surface area contributed by atoms with Crippen molar-refractivity contribution in [2.24, 2.45) is 29.6 Å². The molecule has 1 aliphatic rings. The Labute approximate surface area is 74.0 Å². The third-order valence-electron chi connectivity index (χ3n) is 3.91. The van der Waals surface area contributed by atoms with E-state index in [0.29, 0.717) is 23.7 Å². The van der Waals surface area contributed by atoms with Gasteiger partial charge in [0.1, 0.15) is 0 Å². The smallest absolute Gasteiger partial charge is 0.307 e. The number of aliphatic carboxylic acids is 1. The van der Waals surface area contributed by atoms with Gasteiger partial charge in [0, 0.05) is 0 Å². The molecule has 0 aromatic rings. The second kappa shape index (κ2) is 3.08. The number of carboxylic acids is 1. The summed E-state index contributed by atoms with van der Waals surface area (Å²) in [5.41, 5.74) is 0. The van der Waals surface area contributed by atoms with Gasteiger partial charge in [-0.3, -0.25) is 4.79 Å². The maximum Gasteiger partial charge on any atom is 0.307 e. The fourth-order valence-corrected chi connectivity index (χ4v) is 2.54. The predicted octanol–water partition coefficient (Wildman–Crippen LogP) is 2.25. The molecule has 0 spiro atoms. The standard InChI is InChI=1S/C10H18O2/c1-5-6(2)8(4)9(7(5)3)10(11)12/h5-9H,1-4H3,(H,11,12). The topological polar surface area (TPSA) is 37.3 Å². The van der Waals surface area contributed by atoms with Crippen LogP contribution in [0.4, 0.5) is 0 Å². The van der Waals surface area contributed by atoms with Gasteiger partial charge in [0.15, 0.2) is 0 Å². The molecular formula is C10H18O2. The van der Waals surface area contributed by atoms with Crippen molar-refractivity contribution in [3.05, 3.63) is 0 Å². The largest absolute Gasteiger partial charge is 0.481 e. The lowest BCUT2D eigenvalue weighted by Crippen LogP contribution is -2.22. The van der Waals surface area contributed by atoms with Crippen LogP contribution in [0.2, 0.25) is 0 Å². The Balaban J connectivity index is 2.83. The van der Waals surface area contributed by atoms with Gasteiger partial charge in [-0.25, -0.2) is 0 Å². The minimum atomic E-state index is -0.619. The van der Waals surface area contributed by atoms with Crippen LogP contribution in [-0.2, 0) is 4.79 Å². The molecule has 1 fully saturated rings. The Morgan fingerprint density at radius 3 is 1.42 bits per heavy atom. The van der Waals surface area contributed by atoms with E-state index in [1.807, 2.05) is 0 Å². The molecule has 0 amide bonds. The molecule has 1 rings (SSSR count). The quantitative estimate of drug-likeness (QED) is 0.655. The van der Waals surface area contributed by atoms with Crippen molar-refractivity contribution in [1.29, 1.82) is 0 Å². The summed E-state index contributed by atoms with van der Waals surface area (Å²) in [5.74, 6) is 0.989. The van der Waals surface area contributed by atoms with E-state index in [4.69, 9.17) is 5.11 Å². The molecule has 4 atom stereocenters. The van der Waals surface area contributed by atoms with Crippen molar-refractivity contribution in [2.45, 2.75) is 27.7 Å². The first-order chi connectivity index (χ1) is 5.46. The SMILES string of the molecule is CC1C(C)C(C)C(C(=O)O)C1C. The third-order valence-corrected chi connectivity index (χ3v) is 3.91. The lowest BCUT2D eigenvalue weighted by molar-refractivity contribution is -0.144. The van der Waals surface area contributed by atoms with Gasteiger partial charge in [0.05, 0.1) is 5.92 Å². The average Bonchev–Trinajstić information content (AvgIpc) is 2.16. The van der Waals surface area contributed by atoms with E-state index in [-0.39, 0.29) is 5.92 Å². The zero-order valence-corrected chi connectivity index (χ0v) is 8.24. The van der Waals surface area contributed by atoms with Gasteiger partial charge in [-0.1, -0.05) is 27.7 Å². The third kappa shape index (κ3) is 1.23. The molecule has 4 unspecified atom stereocenters. The molecule has 0 saturated heterocycles. The summed E-state index contributed by atoms with van der Waals surface area (Å²) in [6.07, 6.45) is 0. The molecule has 1 aliphatic carbocycles. The van der Waals surface area contributed by atoms with E-state index in [1.165, 1.54) is 0 Å². The highest BCUT2D eigenvalue weighted by Gasteiger charge is 2.45. The lowest BCUT2D eigenvalue weighted by Gasteiger charge is -2.15. The first-order valence-corrected chi connectivity index (χ1v) is 4.69. The maximum absolute atomic E-state index is 10.9. The molecule has 2 heteroatoms. The van der Waals surface area contributed by atoms with Gasteiger partial charge < -0.3 is 5.11 Å². The van der Waals surface area contributed by atoms with E-state index < -0.39 is 5.97 Å². The van der Waals surface area contributed by atoms with Gasteiger partial charge in [-0.15, -0.1) is 0 Å². The Bertz CT molecular complexity index is 174. The first kappa shape index (κ1) is 9.56. The monoisotopic (exact) mass is 170 g/mol. The van der Waals surface area contributed by atoms with Crippen LogP contribution in [0.1, 0.15) is 27.7 Å². The average molecular weight is 170 g/mol. The Hall–Kier alpha value is -0.530. The number of carboxylic acid groups (broad SMARTS) is 1. The van der Waals surface area contributed by atoms with E-state index in [9.17, 15) is 4.79 Å². The normalized spacial score (nSPS) is 47.8. The van der Waals surface area contributed by atoms with Crippen LogP contribution < -0.4 is 0 Å². The van der Waals surface area contributed by atoms with Crippen molar-refractivity contribution in [1.82, 2.24) is 0 Å². The van der Waals surface area contributed by atoms with Gasteiger partial charge >= 0.3 is 5.97 Å². The summed E-state index contributed by atoms with van der Waals surface area (Å²) in [7, 11) is 0. The molecule has 0 aromatic heterocycles. The van der Waals surface area contributed by atoms with Crippen LogP contribution in [-0.4, -0.2) is 11.1 Å². The summed E-state index contributed by atoms with van der Waals surface area (Å²) < 4.78 is 0. The highest BCUT2D eigenvalue weighted by Crippen LogP contribution is 2.45. The number of hydrogen-bond acceptors (Lipinski definition) is 1. The predicted molar refractivity (Wildman–Crippen MR) is 47.8 cm³/mol. The molecule has 0 bridgehead atoms. The zero-order chi connectivity index (χ0) is 9.46. The fourth-order valence-electron chi connectivity index (χ4n) is 2.54. The number of carbonyl (C=O) groups is 1. The molecule has 2 nitrogen and oxygen atoms in total. The van der Waals surface area contributed by atoms with Crippen molar-refractivity contribution in [3.8, 4) is 0 Å². The van der Waals surface area contributed by atoms with Crippen LogP contribution in [0.3, 0.4) is 0 Å². The summed E-state index contributed by atoms with van der Waals surface area (Å²) >= 11 is 0. The molecule has 70 valence electrons. The summed E-state index contributed by atoms with van der Waals surface area (Å²) in [5, 5.41) is 8.99. The van der Waals surface area contributed by atoms with Crippen molar-refractivity contribution >= 4 is 5.97 Å². The van der Waals surface area contributed by atoms with Crippen molar-refractivity contribution in [3.63, 3.8) is 0 Å². The number of hydrogen-bond donors (Lipinski definition) is 1. The Morgan fingerprint density at radius 2 is 1.25 bits per heavy atom. The summed E-state index contributed by atoms with van der Waals surface area (Å²) in [6, 6.07) is 0. The summed E-state index contributed by atoms with van der Waals surface area (Å²) in [6.45, 7) is 8.44. The van der Waals surface area contributed by atoms with E-state index >= 15 is 0 Å². The van der Waals surface area contributed by atoms with Gasteiger partial charge in [-0.05, 0) is 23.7 Å². The highest BCUT2D eigenvalue weighted by atomic mass is 16.4. The Kier molecular flexibility index (Phi) is 2.45. The van der Waals surface area contributed by atoms with Crippen molar-refractivity contribution < 1.29 is 9.90 Å². The molecule has 1 saturated carbocycles. The molecule has 1 N–H and O–H groups in total. The molecule has 0 aliphatic heterocycles. The fraction of sp³-hybridized carbons (Fsp3) is 0.900. The highest BCUT2D eigenvalue weighted by molar-refractivity contribution is 5.71. The van der Waals surface area contributed by atoms with E-state index in [1.54, 1.807) is 0 Å². The second-order valence-electron chi connectivity index (χ2n) is 4.30. The van der Waals surface area contributed by atoms with Crippen LogP contribution >= 0.6 is 0 Å². The van der Waals surface area contributed by atoms with Gasteiger partial charge in [0.25, 0.3) is 0 Å². The molecule has 0 radical (unpaired) electrons.